The number of carbonyl (C=O) groups is 1. The van der Waals surface area contributed by atoms with Crippen LogP contribution >= 0.6 is 23.2 Å². The summed E-state index contributed by atoms with van der Waals surface area (Å²) in [6.45, 7) is 0. The van der Waals surface area contributed by atoms with Gasteiger partial charge < -0.3 is 9.84 Å². The summed E-state index contributed by atoms with van der Waals surface area (Å²) in [5.74, 6) is -0.288. The maximum Gasteiger partial charge on any atom is 0.356 e. The van der Waals surface area contributed by atoms with Crippen molar-refractivity contribution in [1.82, 2.24) is 0 Å². The third-order valence-electron chi connectivity index (χ3n) is 1.98. The van der Waals surface area contributed by atoms with Crippen molar-refractivity contribution in [2.45, 2.75) is 0 Å². The second-order valence-electron chi connectivity index (χ2n) is 3.12. The van der Waals surface area contributed by atoms with E-state index < -0.39 is 5.97 Å². The Balaban J connectivity index is 2.33. The molecule has 82 valence electrons. The quantitative estimate of drug-likeness (QED) is 0.786. The van der Waals surface area contributed by atoms with Gasteiger partial charge in [0, 0.05) is 0 Å². The van der Waals surface area contributed by atoms with Gasteiger partial charge in [0.2, 0.25) is 0 Å². The third-order valence-corrected chi connectivity index (χ3v) is 2.80. The second kappa shape index (κ2) is 4.20. The molecule has 0 amide bonds. The first-order chi connectivity index (χ1) is 7.58. The van der Waals surface area contributed by atoms with Gasteiger partial charge in [0.05, 0.1) is 0 Å². The summed E-state index contributed by atoms with van der Waals surface area (Å²) in [5, 5.41) is 9.07. The Kier molecular flexibility index (Phi) is 2.90. The predicted molar refractivity (Wildman–Crippen MR) is 60.9 cm³/mol. The molecule has 3 nitrogen and oxygen atoms in total. The van der Waals surface area contributed by atoms with Crippen molar-refractivity contribution in [1.29, 1.82) is 0 Å². The summed E-state index contributed by atoms with van der Waals surface area (Å²) in [4.78, 5) is 11.1. The lowest BCUT2D eigenvalue weighted by molar-refractivity contribution is -0.132. The second-order valence-corrected chi connectivity index (χ2v) is 3.87. The van der Waals surface area contributed by atoms with E-state index in [1.165, 1.54) is 12.1 Å². The molecule has 1 N–H and O–H groups in total. The highest BCUT2D eigenvalue weighted by Crippen LogP contribution is 2.32. The smallest absolute Gasteiger partial charge is 0.356 e. The average molecular weight is 257 g/mol. The molecule has 0 unspecified atom stereocenters. The summed E-state index contributed by atoms with van der Waals surface area (Å²) in [7, 11) is 0. The van der Waals surface area contributed by atoms with Crippen LogP contribution in [0.3, 0.4) is 0 Å². The first-order valence-corrected chi connectivity index (χ1v) is 5.12. The lowest BCUT2D eigenvalue weighted by Gasteiger charge is -1.98. The van der Waals surface area contributed by atoms with Gasteiger partial charge in [0.25, 0.3) is 0 Å². The monoisotopic (exact) mass is 256 g/mol. The van der Waals surface area contributed by atoms with Crippen LogP contribution in [0, 0.1) is 0 Å². The molecular formula is C11H6Cl2O3. The van der Waals surface area contributed by atoms with Gasteiger partial charge in [-0.3, -0.25) is 0 Å². The molecule has 1 aliphatic rings. The van der Waals surface area contributed by atoms with Crippen molar-refractivity contribution < 1.29 is 14.6 Å². The number of hydrogen-bond donors (Lipinski definition) is 1. The Morgan fingerprint density at radius 2 is 1.75 bits per heavy atom. The highest BCUT2D eigenvalue weighted by atomic mass is 35.5. The van der Waals surface area contributed by atoms with E-state index >= 15 is 0 Å². The number of halogens is 2. The molecule has 1 aliphatic heterocycles. The topological polar surface area (TPSA) is 46.5 Å². The zero-order valence-electron chi connectivity index (χ0n) is 7.91. The molecule has 0 bridgehead atoms. The van der Waals surface area contributed by atoms with Gasteiger partial charge in [-0.2, -0.15) is 0 Å². The Bertz CT molecular complexity index is 500. The van der Waals surface area contributed by atoms with Gasteiger partial charge in [-0.15, -0.1) is 0 Å². The number of carbonyl (C=O) groups excluding carboxylic acids is 1. The lowest BCUT2D eigenvalue weighted by Crippen LogP contribution is -1.93. The Morgan fingerprint density at radius 1 is 1.12 bits per heavy atom. The first-order valence-electron chi connectivity index (χ1n) is 4.36. The number of esters is 1. The minimum atomic E-state index is -0.656. The maximum atomic E-state index is 11.1. The Hall–Kier alpha value is -1.45. The zero-order valence-corrected chi connectivity index (χ0v) is 9.42. The predicted octanol–water partition coefficient (Wildman–Crippen LogP) is 2.98. The first kappa shape index (κ1) is 11.0. The molecule has 16 heavy (non-hydrogen) atoms. The molecule has 1 aromatic carbocycles. The van der Waals surface area contributed by atoms with Crippen LogP contribution in [-0.2, 0) is 9.53 Å². The molecule has 2 rings (SSSR count). The standard InChI is InChI=1S/C11H6Cl2O3/c12-9-8(16-11(15)10(9)13)5-6-1-3-7(14)4-2-6/h1-5,14H/b8-5+. The van der Waals surface area contributed by atoms with Crippen molar-refractivity contribution in [2.75, 3.05) is 0 Å². The van der Waals surface area contributed by atoms with E-state index in [2.05, 4.69) is 0 Å². The van der Waals surface area contributed by atoms with Gasteiger partial charge in [0.15, 0.2) is 5.76 Å². The van der Waals surface area contributed by atoms with E-state index in [-0.39, 0.29) is 21.6 Å². The van der Waals surface area contributed by atoms with Crippen molar-refractivity contribution in [3.63, 3.8) is 0 Å². The molecule has 1 aromatic rings. The molecule has 0 spiro atoms. The highest BCUT2D eigenvalue weighted by molar-refractivity contribution is 6.50. The number of phenolic OH excluding ortho intramolecular Hbond substituents is 1. The Labute approximate surface area is 102 Å². The molecular weight excluding hydrogens is 251 g/mol. The summed E-state index contributed by atoms with van der Waals surface area (Å²) in [6.07, 6.45) is 1.56. The van der Waals surface area contributed by atoms with Crippen LogP contribution in [0.5, 0.6) is 5.75 Å². The fourth-order valence-corrected chi connectivity index (χ4v) is 1.50. The van der Waals surface area contributed by atoms with Crippen LogP contribution in [0.4, 0.5) is 0 Å². The number of benzene rings is 1. The number of cyclic esters (lactones) is 1. The minimum absolute atomic E-state index is 0.0970. The van der Waals surface area contributed by atoms with Crippen LogP contribution in [0.2, 0.25) is 0 Å². The molecule has 1 heterocycles. The van der Waals surface area contributed by atoms with Crippen LogP contribution in [0.25, 0.3) is 6.08 Å². The molecule has 0 fully saturated rings. The minimum Gasteiger partial charge on any atom is -0.508 e. The van der Waals surface area contributed by atoms with Gasteiger partial charge in [-0.1, -0.05) is 35.3 Å². The molecule has 0 atom stereocenters. The van der Waals surface area contributed by atoms with Crippen molar-refractivity contribution >= 4 is 35.2 Å². The van der Waals surface area contributed by atoms with Crippen LogP contribution in [-0.4, -0.2) is 11.1 Å². The van der Waals surface area contributed by atoms with E-state index in [1.807, 2.05) is 0 Å². The highest BCUT2D eigenvalue weighted by Gasteiger charge is 2.27. The van der Waals surface area contributed by atoms with Crippen molar-refractivity contribution in [3.05, 3.63) is 45.7 Å². The SMILES string of the molecule is O=C1O/C(=C/c2ccc(O)cc2)C(Cl)=C1Cl. The van der Waals surface area contributed by atoms with E-state index in [0.717, 1.165) is 5.56 Å². The van der Waals surface area contributed by atoms with Gasteiger partial charge in [0.1, 0.15) is 15.8 Å². The normalized spacial score (nSPS) is 18.1. The fourth-order valence-electron chi connectivity index (χ4n) is 1.20. The van der Waals surface area contributed by atoms with E-state index in [4.69, 9.17) is 33.0 Å². The molecule has 0 aliphatic carbocycles. The third kappa shape index (κ3) is 2.05. The van der Waals surface area contributed by atoms with Gasteiger partial charge >= 0.3 is 5.97 Å². The number of aromatic hydroxyl groups is 1. The number of phenols is 1. The summed E-state index contributed by atoms with van der Waals surface area (Å²) >= 11 is 11.4. The largest absolute Gasteiger partial charge is 0.508 e. The van der Waals surface area contributed by atoms with Gasteiger partial charge in [-0.05, 0) is 23.8 Å². The zero-order chi connectivity index (χ0) is 11.7. The molecule has 0 saturated heterocycles. The molecule has 0 saturated carbocycles. The molecule has 0 aromatic heterocycles. The fraction of sp³-hybridized carbons (Fsp3) is 0. The number of allylic oxidation sites excluding steroid dienone is 1. The molecule has 0 radical (unpaired) electrons. The van der Waals surface area contributed by atoms with Crippen molar-refractivity contribution in [2.24, 2.45) is 0 Å². The van der Waals surface area contributed by atoms with E-state index in [9.17, 15) is 4.79 Å². The Morgan fingerprint density at radius 3 is 2.25 bits per heavy atom. The summed E-state index contributed by atoms with van der Waals surface area (Å²) in [5.41, 5.74) is 0.741. The van der Waals surface area contributed by atoms with E-state index in [0.29, 0.717) is 0 Å². The van der Waals surface area contributed by atoms with Crippen molar-refractivity contribution in [3.8, 4) is 5.75 Å². The maximum absolute atomic E-state index is 11.1. The lowest BCUT2D eigenvalue weighted by atomic mass is 10.2. The van der Waals surface area contributed by atoms with E-state index in [1.54, 1.807) is 18.2 Å². The molecule has 5 heteroatoms. The number of ether oxygens (including phenoxy) is 1. The summed E-state index contributed by atoms with van der Waals surface area (Å²) < 4.78 is 4.84. The summed E-state index contributed by atoms with van der Waals surface area (Å²) in [6, 6.07) is 6.35. The van der Waals surface area contributed by atoms with Crippen LogP contribution in [0.15, 0.2) is 40.1 Å². The number of hydrogen-bond acceptors (Lipinski definition) is 3. The average Bonchev–Trinajstić information content (AvgIpc) is 2.50. The number of rotatable bonds is 1. The van der Waals surface area contributed by atoms with Gasteiger partial charge in [-0.25, -0.2) is 4.79 Å². The van der Waals surface area contributed by atoms with Crippen LogP contribution in [0.1, 0.15) is 5.56 Å². The van der Waals surface area contributed by atoms with Crippen LogP contribution < -0.4 is 0 Å².